The summed E-state index contributed by atoms with van der Waals surface area (Å²) in [6.07, 6.45) is 1.61. The molecule has 2 heterocycles. The normalized spacial score (nSPS) is 10.8. The van der Waals surface area contributed by atoms with Crippen LogP contribution in [0.1, 0.15) is 5.56 Å². The van der Waals surface area contributed by atoms with Crippen molar-refractivity contribution in [3.63, 3.8) is 0 Å². The maximum atomic E-state index is 5.61. The van der Waals surface area contributed by atoms with Gasteiger partial charge in [-0.2, -0.15) is 0 Å². The fourth-order valence-electron chi connectivity index (χ4n) is 2.02. The molecule has 2 aromatic heterocycles. The highest BCUT2D eigenvalue weighted by Gasteiger charge is 2.10. The van der Waals surface area contributed by atoms with E-state index in [1.165, 1.54) is 0 Å². The summed E-state index contributed by atoms with van der Waals surface area (Å²) in [5.74, 6) is 0.923. The molecule has 19 heavy (non-hydrogen) atoms. The Labute approximate surface area is 115 Å². The second-order valence-electron chi connectivity index (χ2n) is 4.27. The number of rotatable bonds is 3. The number of nitrogens with two attached hydrogens (primary N) is 1. The molecule has 4 nitrogen and oxygen atoms in total. The molecule has 0 unspecified atom stereocenters. The van der Waals surface area contributed by atoms with Crippen LogP contribution in [0.2, 0.25) is 0 Å². The van der Waals surface area contributed by atoms with E-state index in [2.05, 4.69) is 33.1 Å². The molecule has 0 bridgehead atoms. The summed E-state index contributed by atoms with van der Waals surface area (Å²) >= 11 is 1.63. The number of benzene rings is 1. The van der Waals surface area contributed by atoms with Crippen molar-refractivity contribution in [3.05, 3.63) is 47.6 Å². The van der Waals surface area contributed by atoms with Crippen LogP contribution in [-0.2, 0) is 6.54 Å². The number of hydrogen-bond donors (Lipinski definition) is 1. The fourth-order valence-corrected chi connectivity index (χ4v) is 2.75. The van der Waals surface area contributed by atoms with Crippen LogP contribution in [0.25, 0.3) is 10.2 Å². The minimum Gasteiger partial charge on any atom is -0.329 e. The zero-order valence-corrected chi connectivity index (χ0v) is 11.4. The molecule has 2 N–H and O–H groups in total. The van der Waals surface area contributed by atoms with Gasteiger partial charge in [0.05, 0.1) is 5.39 Å². The van der Waals surface area contributed by atoms with Gasteiger partial charge < -0.3 is 10.6 Å². The SMILES string of the molecule is CN(c1ccc(CN)cc1)c1ncnc2sccc12. The lowest BCUT2D eigenvalue weighted by Gasteiger charge is -2.19. The average Bonchev–Trinajstić information content (AvgIpc) is 2.95. The first-order valence-corrected chi connectivity index (χ1v) is 6.88. The van der Waals surface area contributed by atoms with Crippen LogP contribution in [0.4, 0.5) is 11.5 Å². The highest BCUT2D eigenvalue weighted by atomic mass is 32.1. The predicted molar refractivity (Wildman–Crippen MR) is 79.8 cm³/mol. The molecular weight excluding hydrogens is 256 g/mol. The highest BCUT2D eigenvalue weighted by molar-refractivity contribution is 7.16. The molecule has 0 aliphatic heterocycles. The Bertz CT molecular complexity index is 690. The molecule has 96 valence electrons. The van der Waals surface area contributed by atoms with Gasteiger partial charge in [-0.1, -0.05) is 12.1 Å². The van der Waals surface area contributed by atoms with Crippen LogP contribution >= 0.6 is 11.3 Å². The van der Waals surface area contributed by atoms with Crippen molar-refractivity contribution >= 4 is 33.1 Å². The smallest absolute Gasteiger partial charge is 0.144 e. The van der Waals surface area contributed by atoms with Crippen LogP contribution in [0.15, 0.2) is 42.0 Å². The summed E-state index contributed by atoms with van der Waals surface area (Å²) in [6, 6.07) is 10.3. The summed E-state index contributed by atoms with van der Waals surface area (Å²) in [5, 5.41) is 3.12. The third-order valence-electron chi connectivity index (χ3n) is 3.12. The van der Waals surface area contributed by atoms with E-state index in [9.17, 15) is 0 Å². The molecule has 0 spiro atoms. The van der Waals surface area contributed by atoms with Crippen molar-refractivity contribution in [2.75, 3.05) is 11.9 Å². The van der Waals surface area contributed by atoms with Gasteiger partial charge in [-0.15, -0.1) is 11.3 Å². The van der Waals surface area contributed by atoms with E-state index in [1.54, 1.807) is 17.7 Å². The quantitative estimate of drug-likeness (QED) is 0.795. The molecule has 0 aliphatic carbocycles. The van der Waals surface area contributed by atoms with Crippen LogP contribution < -0.4 is 10.6 Å². The number of anilines is 2. The second kappa shape index (κ2) is 4.95. The van der Waals surface area contributed by atoms with E-state index in [1.807, 2.05) is 24.6 Å². The van der Waals surface area contributed by atoms with Crippen molar-refractivity contribution in [1.29, 1.82) is 0 Å². The molecule has 3 aromatic rings. The first-order chi connectivity index (χ1) is 9.29. The summed E-state index contributed by atoms with van der Waals surface area (Å²) in [5.41, 5.74) is 7.83. The monoisotopic (exact) mass is 270 g/mol. The van der Waals surface area contributed by atoms with Gasteiger partial charge in [0.25, 0.3) is 0 Å². The van der Waals surface area contributed by atoms with Crippen molar-refractivity contribution in [2.24, 2.45) is 5.73 Å². The van der Waals surface area contributed by atoms with Crippen LogP contribution in [0.3, 0.4) is 0 Å². The Balaban J connectivity index is 2.02. The standard InChI is InChI=1S/C14H14N4S/c1-18(11-4-2-10(8-15)3-5-11)13-12-6-7-19-14(12)17-9-16-13/h2-7,9H,8,15H2,1H3. The molecule has 1 aromatic carbocycles. The van der Waals surface area contributed by atoms with Gasteiger partial charge in [0.15, 0.2) is 0 Å². The molecule has 0 radical (unpaired) electrons. The highest BCUT2D eigenvalue weighted by Crippen LogP contribution is 2.30. The average molecular weight is 270 g/mol. The predicted octanol–water partition coefficient (Wildman–Crippen LogP) is 2.92. The Hall–Kier alpha value is -1.98. The molecule has 0 atom stereocenters. The second-order valence-corrected chi connectivity index (χ2v) is 5.16. The fraction of sp³-hybridized carbons (Fsp3) is 0.143. The molecule has 0 fully saturated rings. The van der Waals surface area contributed by atoms with E-state index < -0.39 is 0 Å². The third kappa shape index (κ3) is 2.18. The van der Waals surface area contributed by atoms with E-state index >= 15 is 0 Å². The molecule has 0 saturated carbocycles. The largest absolute Gasteiger partial charge is 0.329 e. The molecular formula is C14H14N4S. The first-order valence-electron chi connectivity index (χ1n) is 6.00. The summed E-state index contributed by atoms with van der Waals surface area (Å²) in [7, 11) is 2.01. The van der Waals surface area contributed by atoms with Gasteiger partial charge in [0.2, 0.25) is 0 Å². The number of fused-ring (bicyclic) bond motifs is 1. The number of hydrogen-bond acceptors (Lipinski definition) is 5. The minimum atomic E-state index is 0.562. The first kappa shape index (κ1) is 12.1. The zero-order valence-electron chi connectivity index (χ0n) is 10.6. The lowest BCUT2D eigenvalue weighted by atomic mass is 10.2. The van der Waals surface area contributed by atoms with Crippen LogP contribution in [0, 0.1) is 0 Å². The van der Waals surface area contributed by atoms with E-state index in [0.717, 1.165) is 27.3 Å². The van der Waals surface area contributed by atoms with Gasteiger partial charge in [0.1, 0.15) is 17.0 Å². The van der Waals surface area contributed by atoms with Gasteiger partial charge in [0, 0.05) is 19.3 Å². The molecule has 3 rings (SSSR count). The Morgan fingerprint density at radius 3 is 2.68 bits per heavy atom. The van der Waals surface area contributed by atoms with Crippen molar-refractivity contribution in [3.8, 4) is 0 Å². The topological polar surface area (TPSA) is 55.0 Å². The minimum absolute atomic E-state index is 0.562. The van der Waals surface area contributed by atoms with Gasteiger partial charge in [-0.3, -0.25) is 0 Å². The molecule has 5 heteroatoms. The van der Waals surface area contributed by atoms with Crippen molar-refractivity contribution in [2.45, 2.75) is 6.54 Å². The Kier molecular flexibility index (Phi) is 3.15. The van der Waals surface area contributed by atoms with Gasteiger partial charge >= 0.3 is 0 Å². The van der Waals surface area contributed by atoms with Crippen molar-refractivity contribution in [1.82, 2.24) is 9.97 Å². The lowest BCUT2D eigenvalue weighted by Crippen LogP contribution is -2.11. The lowest BCUT2D eigenvalue weighted by molar-refractivity contribution is 1.06. The third-order valence-corrected chi connectivity index (χ3v) is 3.94. The number of thiophene rings is 1. The van der Waals surface area contributed by atoms with Gasteiger partial charge in [-0.05, 0) is 29.1 Å². The molecule has 0 aliphatic rings. The molecule has 0 amide bonds. The maximum absolute atomic E-state index is 5.61. The number of nitrogens with zero attached hydrogens (tertiary/aromatic N) is 3. The summed E-state index contributed by atoms with van der Waals surface area (Å²) in [4.78, 5) is 11.7. The maximum Gasteiger partial charge on any atom is 0.144 e. The van der Waals surface area contributed by atoms with Crippen LogP contribution in [-0.4, -0.2) is 17.0 Å². The summed E-state index contributed by atoms with van der Waals surface area (Å²) in [6.45, 7) is 0.562. The van der Waals surface area contributed by atoms with E-state index in [-0.39, 0.29) is 0 Å². The van der Waals surface area contributed by atoms with E-state index in [0.29, 0.717) is 6.54 Å². The van der Waals surface area contributed by atoms with E-state index in [4.69, 9.17) is 5.73 Å². The Morgan fingerprint density at radius 2 is 1.95 bits per heavy atom. The Morgan fingerprint density at radius 1 is 1.16 bits per heavy atom. The van der Waals surface area contributed by atoms with Gasteiger partial charge in [-0.25, -0.2) is 9.97 Å². The van der Waals surface area contributed by atoms with Crippen molar-refractivity contribution < 1.29 is 0 Å². The summed E-state index contributed by atoms with van der Waals surface area (Å²) < 4.78 is 0. The number of aromatic nitrogens is 2. The molecule has 0 saturated heterocycles. The zero-order chi connectivity index (χ0) is 13.2. The van der Waals surface area contributed by atoms with Crippen LogP contribution in [0.5, 0.6) is 0 Å².